The van der Waals surface area contributed by atoms with Gasteiger partial charge in [-0.05, 0) is 97.1 Å². The van der Waals surface area contributed by atoms with Crippen molar-refractivity contribution in [3.63, 3.8) is 0 Å². The summed E-state index contributed by atoms with van der Waals surface area (Å²) in [6, 6.07) is 76.0. The van der Waals surface area contributed by atoms with Crippen LogP contribution in [0.25, 0.3) is 0 Å². The highest BCUT2D eigenvalue weighted by molar-refractivity contribution is 8.34. The van der Waals surface area contributed by atoms with Gasteiger partial charge in [0.2, 0.25) is 0 Å². The van der Waals surface area contributed by atoms with Crippen molar-refractivity contribution < 1.29 is 0 Å². The first kappa shape index (κ1) is 28.0. The fraction of sp³-hybridized carbons (Fsp3) is 0. The lowest BCUT2D eigenvalue weighted by atomic mass is 10.3. The molecule has 0 aromatic heterocycles. The molecule has 0 atom stereocenters. The van der Waals surface area contributed by atoms with Crippen molar-refractivity contribution in [2.24, 2.45) is 0 Å². The Bertz CT molecular complexity index is 1570. The molecule has 0 nitrogen and oxygen atoms in total. The molecule has 0 fully saturated rings. The van der Waals surface area contributed by atoms with Gasteiger partial charge in [0, 0.05) is 39.2 Å². The highest BCUT2D eigenvalue weighted by atomic mass is 32.3. The summed E-state index contributed by atoms with van der Waals surface area (Å²) in [4.78, 5) is 10.6. The molecule has 7 aromatic carbocycles. The predicted octanol–water partition coefficient (Wildman–Crippen LogP) is 12.4. The third-order valence-corrected chi connectivity index (χ3v) is 15.9. The topological polar surface area (TPSA) is 0 Å². The molecule has 0 radical (unpaired) electrons. The SMILES string of the molecule is c1ccc(S(c2ccccc2)(c2ccccc2)c2ccc(S(c3ccccc3)(c3ccccc3)c3ccccc3)cc2)cc1. The van der Waals surface area contributed by atoms with Crippen LogP contribution in [0.1, 0.15) is 0 Å². The summed E-state index contributed by atoms with van der Waals surface area (Å²) in [6.45, 7) is 0. The quantitative estimate of drug-likeness (QED) is 0.162. The zero-order valence-corrected chi connectivity index (χ0v) is 26.1. The lowest BCUT2D eigenvalue weighted by molar-refractivity contribution is 1.20. The average Bonchev–Trinajstić information content (AvgIpc) is 3.12. The van der Waals surface area contributed by atoms with E-state index >= 15 is 0 Å². The molecule has 0 N–H and O–H groups in total. The van der Waals surface area contributed by atoms with Gasteiger partial charge in [-0.2, -0.15) is 0 Å². The second-order valence-electron chi connectivity index (χ2n) is 10.6. The first-order valence-corrected chi connectivity index (χ1v) is 18.2. The Balaban J connectivity index is 1.52. The summed E-state index contributed by atoms with van der Waals surface area (Å²) in [5.41, 5.74) is 0. The molecule has 0 heterocycles. The number of hydrogen-bond donors (Lipinski definition) is 0. The Labute approximate surface area is 264 Å². The lowest BCUT2D eigenvalue weighted by Gasteiger charge is -2.44. The van der Waals surface area contributed by atoms with E-state index in [-0.39, 0.29) is 0 Å². The van der Waals surface area contributed by atoms with E-state index in [2.05, 4.69) is 206 Å². The van der Waals surface area contributed by atoms with Crippen molar-refractivity contribution in [3.8, 4) is 0 Å². The van der Waals surface area contributed by atoms with Crippen LogP contribution in [-0.4, -0.2) is 0 Å². The number of rotatable bonds is 8. The van der Waals surface area contributed by atoms with Crippen LogP contribution >= 0.6 is 20.1 Å². The molecule has 0 saturated carbocycles. The van der Waals surface area contributed by atoms with Gasteiger partial charge < -0.3 is 0 Å². The monoisotopic (exact) mass is 602 g/mol. The van der Waals surface area contributed by atoms with Crippen LogP contribution in [0.15, 0.2) is 245 Å². The van der Waals surface area contributed by atoms with E-state index < -0.39 is 20.1 Å². The molecule has 0 unspecified atom stereocenters. The lowest BCUT2D eigenvalue weighted by Crippen LogP contribution is -2.07. The van der Waals surface area contributed by atoms with E-state index in [4.69, 9.17) is 0 Å². The largest absolute Gasteiger partial charge is 0.133 e. The van der Waals surface area contributed by atoms with E-state index in [0.29, 0.717) is 0 Å². The summed E-state index contributed by atoms with van der Waals surface area (Å²) in [5, 5.41) is 0. The van der Waals surface area contributed by atoms with Crippen molar-refractivity contribution in [3.05, 3.63) is 206 Å². The molecular weight excluding hydrogens is 569 g/mol. The van der Waals surface area contributed by atoms with Gasteiger partial charge in [0.15, 0.2) is 0 Å². The summed E-state index contributed by atoms with van der Waals surface area (Å²) in [6.07, 6.45) is 0. The third kappa shape index (κ3) is 4.77. The minimum absolute atomic E-state index is 1.33. The highest BCUT2D eigenvalue weighted by Crippen LogP contribution is 2.76. The highest BCUT2D eigenvalue weighted by Gasteiger charge is 2.36. The Morgan fingerprint density at radius 2 is 0.295 bits per heavy atom. The standard InChI is InChI=1S/C42H34S2/c1-7-19-35(20-8-1)43(36-21-9-2-10-22-36,37-23-11-3-12-24-37)41-31-33-42(34-32-41)44(38-25-13-4-14-26-38,39-27-15-5-16-28-39)40-29-17-6-18-30-40/h1-34H. The summed E-state index contributed by atoms with van der Waals surface area (Å²) < 4.78 is 0. The van der Waals surface area contributed by atoms with Crippen molar-refractivity contribution in [1.29, 1.82) is 0 Å². The predicted molar refractivity (Wildman–Crippen MR) is 186 cm³/mol. The van der Waals surface area contributed by atoms with E-state index in [0.717, 1.165) is 0 Å². The number of hydrogen-bond acceptors (Lipinski definition) is 0. The van der Waals surface area contributed by atoms with Crippen LogP contribution in [0.2, 0.25) is 0 Å². The van der Waals surface area contributed by atoms with Gasteiger partial charge in [0.05, 0.1) is 0 Å². The Hall–Kier alpha value is -4.76. The van der Waals surface area contributed by atoms with Gasteiger partial charge in [-0.15, -0.1) is 20.1 Å². The zero-order chi connectivity index (χ0) is 29.7. The van der Waals surface area contributed by atoms with Crippen LogP contribution in [0.4, 0.5) is 0 Å². The second-order valence-corrected chi connectivity index (χ2v) is 16.8. The fourth-order valence-corrected chi connectivity index (χ4v) is 14.0. The maximum absolute atomic E-state index is 2.41. The van der Waals surface area contributed by atoms with Gasteiger partial charge >= 0.3 is 0 Å². The van der Waals surface area contributed by atoms with Gasteiger partial charge in [-0.3, -0.25) is 0 Å². The molecule has 0 saturated heterocycles. The van der Waals surface area contributed by atoms with E-state index in [1.54, 1.807) is 0 Å². The molecule has 7 aromatic rings. The minimum Gasteiger partial charge on any atom is -0.133 e. The van der Waals surface area contributed by atoms with E-state index in [1.807, 2.05) is 0 Å². The van der Waals surface area contributed by atoms with E-state index in [1.165, 1.54) is 39.2 Å². The molecule has 2 heteroatoms. The normalized spacial score (nSPS) is 12.4. The van der Waals surface area contributed by atoms with Crippen molar-refractivity contribution >= 4 is 20.1 Å². The minimum atomic E-state index is -1.76. The maximum atomic E-state index is 2.41. The van der Waals surface area contributed by atoms with Crippen LogP contribution in [-0.2, 0) is 0 Å². The molecule has 7 rings (SSSR count). The first-order valence-electron chi connectivity index (χ1n) is 14.9. The summed E-state index contributed by atoms with van der Waals surface area (Å²) in [7, 11) is -3.52. The van der Waals surface area contributed by atoms with E-state index in [9.17, 15) is 0 Å². The van der Waals surface area contributed by atoms with Crippen LogP contribution in [0.3, 0.4) is 0 Å². The molecule has 214 valence electrons. The molecular formula is C42H34S2. The molecule has 0 aliphatic heterocycles. The van der Waals surface area contributed by atoms with Crippen molar-refractivity contribution in [1.82, 2.24) is 0 Å². The summed E-state index contributed by atoms with van der Waals surface area (Å²) in [5.74, 6) is 0. The zero-order valence-electron chi connectivity index (χ0n) is 24.4. The molecule has 0 aliphatic rings. The summed E-state index contributed by atoms with van der Waals surface area (Å²) >= 11 is 0. The average molecular weight is 603 g/mol. The molecule has 0 bridgehead atoms. The third-order valence-electron chi connectivity index (χ3n) is 8.11. The molecule has 0 aliphatic carbocycles. The smallest absolute Gasteiger partial charge is 0.00237 e. The second kappa shape index (κ2) is 12.5. The Morgan fingerprint density at radius 3 is 0.455 bits per heavy atom. The van der Waals surface area contributed by atoms with Gasteiger partial charge in [0.25, 0.3) is 0 Å². The van der Waals surface area contributed by atoms with Gasteiger partial charge in [0.1, 0.15) is 0 Å². The molecule has 0 spiro atoms. The van der Waals surface area contributed by atoms with Gasteiger partial charge in [-0.25, -0.2) is 0 Å². The van der Waals surface area contributed by atoms with Crippen LogP contribution in [0.5, 0.6) is 0 Å². The maximum Gasteiger partial charge on any atom is 0.00237 e. The Kier molecular flexibility index (Phi) is 7.94. The van der Waals surface area contributed by atoms with Crippen LogP contribution < -0.4 is 0 Å². The van der Waals surface area contributed by atoms with Gasteiger partial charge in [-0.1, -0.05) is 109 Å². The Morgan fingerprint density at radius 1 is 0.159 bits per heavy atom. The molecule has 0 amide bonds. The van der Waals surface area contributed by atoms with Crippen molar-refractivity contribution in [2.75, 3.05) is 0 Å². The molecule has 44 heavy (non-hydrogen) atoms. The fourth-order valence-electron chi connectivity index (χ4n) is 6.23. The number of benzene rings is 7. The van der Waals surface area contributed by atoms with Crippen LogP contribution in [0, 0.1) is 0 Å². The first-order chi connectivity index (χ1) is 21.8. The van der Waals surface area contributed by atoms with Crippen molar-refractivity contribution in [2.45, 2.75) is 39.2 Å².